The molecule has 0 amide bonds. The highest BCUT2D eigenvalue weighted by Gasteiger charge is 2.24. The van der Waals surface area contributed by atoms with Crippen molar-refractivity contribution < 1.29 is 22.6 Å². The van der Waals surface area contributed by atoms with Crippen molar-refractivity contribution in [2.24, 2.45) is 0 Å². The normalized spacial score (nSPS) is 11.3. The van der Waals surface area contributed by atoms with Gasteiger partial charge in [-0.3, -0.25) is 10.1 Å². The first-order chi connectivity index (χ1) is 10.6. The molecule has 0 radical (unpaired) electrons. The summed E-state index contributed by atoms with van der Waals surface area (Å²) in [6, 6.07) is 5.84. The second-order valence-corrected chi connectivity index (χ2v) is 6.80. The lowest BCUT2D eigenvalue weighted by atomic mass is 10.1. The molecule has 0 saturated carbocycles. The van der Waals surface area contributed by atoms with E-state index in [0.717, 1.165) is 12.1 Å². The van der Waals surface area contributed by atoms with E-state index in [-0.39, 0.29) is 15.7 Å². The van der Waals surface area contributed by atoms with Crippen LogP contribution in [-0.4, -0.2) is 18.4 Å². The molecular formula is C14H12ClNO6S. The molecule has 2 aromatic carbocycles. The highest BCUT2D eigenvalue weighted by atomic mass is 35.5. The average Bonchev–Trinajstić information content (AvgIpc) is 2.45. The van der Waals surface area contributed by atoms with Crippen molar-refractivity contribution in [3.63, 3.8) is 0 Å². The summed E-state index contributed by atoms with van der Waals surface area (Å²) in [6.07, 6.45) is 0. The first-order valence-electron chi connectivity index (χ1n) is 6.30. The van der Waals surface area contributed by atoms with Gasteiger partial charge >= 0.3 is 15.8 Å². The lowest BCUT2D eigenvalue weighted by Crippen LogP contribution is -2.11. The Morgan fingerprint density at radius 1 is 1.17 bits per heavy atom. The third-order valence-corrected chi connectivity index (χ3v) is 4.52. The van der Waals surface area contributed by atoms with Gasteiger partial charge in [-0.25, -0.2) is 0 Å². The first-order valence-corrected chi connectivity index (χ1v) is 8.09. The Labute approximate surface area is 137 Å². The van der Waals surface area contributed by atoms with Crippen molar-refractivity contribution in [3.8, 4) is 11.5 Å². The van der Waals surface area contributed by atoms with Gasteiger partial charge in [-0.1, -0.05) is 11.6 Å². The van der Waals surface area contributed by atoms with Crippen molar-refractivity contribution >= 4 is 27.4 Å². The molecule has 122 valence electrons. The van der Waals surface area contributed by atoms with E-state index in [1.165, 1.54) is 32.0 Å². The molecule has 0 atom stereocenters. The third kappa shape index (κ3) is 3.54. The molecule has 0 fully saturated rings. The summed E-state index contributed by atoms with van der Waals surface area (Å²) in [4.78, 5) is 9.99. The van der Waals surface area contributed by atoms with Crippen molar-refractivity contribution in [2.75, 3.05) is 0 Å². The van der Waals surface area contributed by atoms with E-state index in [0.29, 0.717) is 11.1 Å². The topological polar surface area (TPSA) is 107 Å². The number of rotatable bonds is 4. The van der Waals surface area contributed by atoms with Gasteiger partial charge in [-0.2, -0.15) is 8.42 Å². The number of aromatic hydroxyl groups is 1. The molecule has 0 spiro atoms. The summed E-state index contributed by atoms with van der Waals surface area (Å²) in [7, 11) is -4.30. The number of aryl methyl sites for hydroxylation is 2. The van der Waals surface area contributed by atoms with Crippen molar-refractivity contribution in [1.82, 2.24) is 0 Å². The van der Waals surface area contributed by atoms with Crippen LogP contribution in [0, 0.1) is 24.0 Å². The van der Waals surface area contributed by atoms with E-state index >= 15 is 0 Å². The Morgan fingerprint density at radius 2 is 1.74 bits per heavy atom. The van der Waals surface area contributed by atoms with Crippen LogP contribution in [0.5, 0.6) is 11.5 Å². The highest BCUT2D eigenvalue weighted by Crippen LogP contribution is 2.33. The fraction of sp³-hybridized carbons (Fsp3) is 0.143. The molecule has 23 heavy (non-hydrogen) atoms. The van der Waals surface area contributed by atoms with Crippen LogP contribution < -0.4 is 4.18 Å². The first kappa shape index (κ1) is 17.0. The number of nitrogens with zero attached hydrogens (tertiary/aromatic N) is 1. The summed E-state index contributed by atoms with van der Waals surface area (Å²) in [5.74, 6) is -0.468. The molecule has 1 N–H and O–H groups in total. The number of nitro groups is 1. The van der Waals surface area contributed by atoms with Gasteiger partial charge in [0.2, 0.25) is 5.75 Å². The zero-order valence-corrected chi connectivity index (χ0v) is 13.7. The maximum Gasteiger partial charge on any atom is 0.339 e. The van der Waals surface area contributed by atoms with Gasteiger partial charge in [0.15, 0.2) is 0 Å². The molecule has 2 aromatic rings. The second-order valence-electron chi connectivity index (χ2n) is 4.81. The standard InChI is InChI=1S/C14H12ClNO6S/c1-8-5-11(6-9(2)14(8)17)23(20,21)22-13-4-3-10(15)7-12(13)16(18)19/h3-7,17H,1-2H3. The molecule has 9 heteroatoms. The lowest BCUT2D eigenvalue weighted by molar-refractivity contribution is -0.385. The number of hydrogen-bond donors (Lipinski definition) is 1. The SMILES string of the molecule is Cc1cc(S(=O)(=O)Oc2ccc(Cl)cc2[N+](=O)[O-])cc(C)c1O. The number of phenolic OH excluding ortho intramolecular Hbond substituents is 1. The van der Waals surface area contributed by atoms with E-state index in [2.05, 4.69) is 0 Å². The lowest BCUT2D eigenvalue weighted by Gasteiger charge is -2.10. The van der Waals surface area contributed by atoms with Crippen LogP contribution in [0.4, 0.5) is 5.69 Å². The predicted octanol–water partition coefficient (Wildman–Crippen LogP) is 3.34. The molecule has 0 aliphatic heterocycles. The van der Waals surface area contributed by atoms with Gasteiger partial charge in [-0.05, 0) is 49.2 Å². The van der Waals surface area contributed by atoms with E-state index < -0.39 is 26.5 Å². The summed E-state index contributed by atoms with van der Waals surface area (Å²) in [5, 5.41) is 20.8. The monoisotopic (exact) mass is 357 g/mol. The Hall–Kier alpha value is -2.32. The zero-order chi connectivity index (χ0) is 17.4. The fourth-order valence-electron chi connectivity index (χ4n) is 1.93. The van der Waals surface area contributed by atoms with E-state index in [1.807, 2.05) is 0 Å². The minimum atomic E-state index is -4.30. The van der Waals surface area contributed by atoms with Crippen LogP contribution >= 0.6 is 11.6 Å². The number of nitro benzene ring substituents is 1. The molecule has 0 bridgehead atoms. The van der Waals surface area contributed by atoms with Gasteiger partial charge in [0, 0.05) is 11.1 Å². The average molecular weight is 358 g/mol. The Bertz CT molecular complexity index is 871. The minimum absolute atomic E-state index is 0.0265. The van der Waals surface area contributed by atoms with Crippen molar-refractivity contribution in [1.29, 1.82) is 0 Å². The summed E-state index contributed by atoms with van der Waals surface area (Å²) in [5.41, 5.74) is 0.129. The summed E-state index contributed by atoms with van der Waals surface area (Å²) in [6.45, 7) is 3.07. The van der Waals surface area contributed by atoms with Crippen LogP contribution in [0.1, 0.15) is 11.1 Å². The maximum atomic E-state index is 12.3. The van der Waals surface area contributed by atoms with Crippen LogP contribution in [0.3, 0.4) is 0 Å². The smallest absolute Gasteiger partial charge is 0.339 e. The predicted molar refractivity (Wildman–Crippen MR) is 83.5 cm³/mol. The number of halogens is 1. The molecule has 2 rings (SSSR count). The molecular weight excluding hydrogens is 346 g/mol. The quantitative estimate of drug-likeness (QED) is 0.511. The zero-order valence-electron chi connectivity index (χ0n) is 12.1. The van der Waals surface area contributed by atoms with Crippen LogP contribution in [0.2, 0.25) is 5.02 Å². The second kappa shape index (κ2) is 6.05. The Morgan fingerprint density at radius 3 is 2.26 bits per heavy atom. The fourth-order valence-corrected chi connectivity index (χ4v) is 3.21. The minimum Gasteiger partial charge on any atom is -0.507 e. The van der Waals surface area contributed by atoms with Gasteiger partial charge in [0.1, 0.15) is 10.6 Å². The van der Waals surface area contributed by atoms with E-state index in [4.69, 9.17) is 15.8 Å². The molecule has 0 saturated heterocycles. The van der Waals surface area contributed by atoms with Gasteiger partial charge in [0.25, 0.3) is 0 Å². The van der Waals surface area contributed by atoms with Gasteiger partial charge in [0.05, 0.1) is 4.92 Å². The largest absolute Gasteiger partial charge is 0.507 e. The van der Waals surface area contributed by atoms with Crippen molar-refractivity contribution in [3.05, 3.63) is 56.6 Å². The number of benzene rings is 2. The Balaban J connectivity index is 2.49. The van der Waals surface area contributed by atoms with Crippen LogP contribution in [0.25, 0.3) is 0 Å². The maximum absolute atomic E-state index is 12.3. The molecule has 0 unspecified atom stereocenters. The van der Waals surface area contributed by atoms with E-state index in [9.17, 15) is 23.6 Å². The molecule has 0 heterocycles. The van der Waals surface area contributed by atoms with Crippen LogP contribution in [-0.2, 0) is 10.1 Å². The molecule has 0 aliphatic carbocycles. The van der Waals surface area contributed by atoms with Crippen LogP contribution in [0.15, 0.2) is 35.2 Å². The highest BCUT2D eigenvalue weighted by molar-refractivity contribution is 7.87. The van der Waals surface area contributed by atoms with Crippen molar-refractivity contribution in [2.45, 2.75) is 18.7 Å². The third-order valence-electron chi connectivity index (χ3n) is 3.07. The van der Waals surface area contributed by atoms with Gasteiger partial charge in [-0.15, -0.1) is 0 Å². The molecule has 0 aromatic heterocycles. The number of hydrogen-bond acceptors (Lipinski definition) is 6. The number of phenols is 1. The molecule has 0 aliphatic rings. The summed E-state index contributed by atoms with van der Waals surface area (Å²) >= 11 is 5.67. The molecule has 7 nitrogen and oxygen atoms in total. The van der Waals surface area contributed by atoms with Gasteiger partial charge < -0.3 is 9.29 Å². The summed E-state index contributed by atoms with van der Waals surface area (Å²) < 4.78 is 29.5. The van der Waals surface area contributed by atoms with E-state index in [1.54, 1.807) is 0 Å². The Kier molecular flexibility index (Phi) is 4.49.